The zero-order valence-electron chi connectivity index (χ0n) is 15.5. The molecule has 1 aromatic heterocycles. The van der Waals surface area contributed by atoms with Crippen molar-refractivity contribution in [2.45, 2.75) is 13.0 Å². The van der Waals surface area contributed by atoms with E-state index in [1.54, 1.807) is 18.4 Å². The molecule has 2 heterocycles. The summed E-state index contributed by atoms with van der Waals surface area (Å²) >= 11 is 1.67. The molecule has 0 aliphatic carbocycles. The highest BCUT2D eigenvalue weighted by Gasteiger charge is 2.24. The molecular weight excluding hydrogens is 346 g/mol. The molecule has 1 aliphatic heterocycles. The Labute approximate surface area is 159 Å². The monoisotopic (exact) mass is 373 g/mol. The van der Waals surface area contributed by atoms with Gasteiger partial charge in [0.1, 0.15) is 0 Å². The van der Waals surface area contributed by atoms with E-state index in [9.17, 15) is 4.79 Å². The normalized spacial score (nSPS) is 16.5. The van der Waals surface area contributed by atoms with Crippen molar-refractivity contribution in [3.05, 3.63) is 57.8 Å². The van der Waals surface area contributed by atoms with Gasteiger partial charge in [0.2, 0.25) is 0 Å². The zero-order valence-corrected chi connectivity index (χ0v) is 16.3. The summed E-state index contributed by atoms with van der Waals surface area (Å²) < 4.78 is 5.14. The van der Waals surface area contributed by atoms with E-state index in [2.05, 4.69) is 46.8 Å². The maximum atomic E-state index is 12.9. The number of ether oxygens (including phenoxy) is 1. The van der Waals surface area contributed by atoms with Crippen LogP contribution in [0.15, 0.2) is 41.8 Å². The first-order chi connectivity index (χ1) is 12.7. The Morgan fingerprint density at radius 2 is 2.04 bits per heavy atom. The number of rotatable bonds is 6. The Morgan fingerprint density at radius 3 is 2.69 bits per heavy atom. The molecule has 0 bridgehead atoms. The maximum absolute atomic E-state index is 12.9. The van der Waals surface area contributed by atoms with Crippen LogP contribution >= 0.6 is 11.3 Å². The van der Waals surface area contributed by atoms with Crippen molar-refractivity contribution < 1.29 is 9.53 Å². The van der Waals surface area contributed by atoms with Gasteiger partial charge < -0.3 is 15.0 Å². The Hall–Kier alpha value is -1.89. The summed E-state index contributed by atoms with van der Waals surface area (Å²) in [6.07, 6.45) is 0. The average Bonchev–Trinajstić information content (AvgIpc) is 3.19. The first-order valence-electron chi connectivity index (χ1n) is 9.04. The number of carbonyl (C=O) groups is 1. The van der Waals surface area contributed by atoms with Crippen molar-refractivity contribution in [2.75, 3.05) is 46.4 Å². The van der Waals surface area contributed by atoms with Crippen molar-refractivity contribution in [3.63, 3.8) is 0 Å². The highest BCUT2D eigenvalue weighted by molar-refractivity contribution is 7.10. The van der Waals surface area contributed by atoms with E-state index < -0.39 is 0 Å². The molecule has 1 saturated heterocycles. The van der Waals surface area contributed by atoms with Crippen LogP contribution < -0.4 is 5.32 Å². The van der Waals surface area contributed by atoms with E-state index in [-0.39, 0.29) is 12.1 Å². The minimum atomic E-state index is -0.103. The molecule has 1 fully saturated rings. The van der Waals surface area contributed by atoms with Gasteiger partial charge in [0.05, 0.1) is 12.6 Å². The molecule has 5 nitrogen and oxygen atoms in total. The molecule has 1 unspecified atom stereocenters. The summed E-state index contributed by atoms with van der Waals surface area (Å²) in [7, 11) is 1.72. The number of methoxy groups -OCH3 is 1. The minimum Gasteiger partial charge on any atom is -0.383 e. The van der Waals surface area contributed by atoms with Crippen molar-refractivity contribution in [1.82, 2.24) is 15.1 Å². The van der Waals surface area contributed by atoms with Gasteiger partial charge in [-0.25, -0.2) is 4.79 Å². The van der Waals surface area contributed by atoms with Crippen LogP contribution in [0.2, 0.25) is 0 Å². The second-order valence-electron chi connectivity index (χ2n) is 6.63. The number of carbonyl (C=O) groups excluding carboxylic acids is 1. The molecule has 3 rings (SSSR count). The van der Waals surface area contributed by atoms with E-state index in [1.807, 2.05) is 17.0 Å². The molecule has 1 atom stereocenters. The quantitative estimate of drug-likeness (QED) is 0.846. The molecule has 2 aromatic rings. The molecule has 26 heavy (non-hydrogen) atoms. The molecule has 6 heteroatoms. The van der Waals surface area contributed by atoms with Crippen molar-refractivity contribution in [2.24, 2.45) is 0 Å². The third kappa shape index (κ3) is 4.84. The van der Waals surface area contributed by atoms with Gasteiger partial charge in [-0.15, -0.1) is 11.3 Å². The van der Waals surface area contributed by atoms with Gasteiger partial charge in [0.15, 0.2) is 0 Å². The van der Waals surface area contributed by atoms with Gasteiger partial charge in [-0.1, -0.05) is 35.9 Å². The zero-order chi connectivity index (χ0) is 18.4. The fraction of sp³-hybridized carbons (Fsp3) is 0.450. The molecule has 2 amide bonds. The lowest BCUT2D eigenvalue weighted by atomic mass is 10.0. The van der Waals surface area contributed by atoms with Crippen LogP contribution in [0.25, 0.3) is 0 Å². The number of thiophene rings is 1. The van der Waals surface area contributed by atoms with E-state index >= 15 is 0 Å². The highest BCUT2D eigenvalue weighted by atomic mass is 32.1. The summed E-state index contributed by atoms with van der Waals surface area (Å²) in [6, 6.07) is 12.4. The van der Waals surface area contributed by atoms with Crippen molar-refractivity contribution in [1.29, 1.82) is 0 Å². The predicted octanol–water partition coefficient (Wildman–Crippen LogP) is 3.12. The molecule has 1 aromatic carbocycles. The molecule has 0 radical (unpaired) electrons. The van der Waals surface area contributed by atoms with Gasteiger partial charge >= 0.3 is 6.03 Å². The minimum absolute atomic E-state index is 0.0105. The summed E-state index contributed by atoms with van der Waals surface area (Å²) in [6.45, 7) is 7.03. The maximum Gasteiger partial charge on any atom is 0.318 e. The number of hydrogen-bond donors (Lipinski definition) is 1. The van der Waals surface area contributed by atoms with Crippen LogP contribution in [-0.4, -0.2) is 62.3 Å². The molecule has 0 spiro atoms. The van der Waals surface area contributed by atoms with Crippen LogP contribution in [0.3, 0.4) is 0 Å². The fourth-order valence-electron chi connectivity index (χ4n) is 3.23. The SMILES string of the molecule is COCCN1CCN(C(=O)NC(c2cccc(C)c2)c2cccs2)CC1. The van der Waals surface area contributed by atoms with E-state index in [0.29, 0.717) is 0 Å². The van der Waals surface area contributed by atoms with Crippen LogP contribution in [0, 0.1) is 6.92 Å². The molecule has 1 N–H and O–H groups in total. The van der Waals surface area contributed by atoms with E-state index in [4.69, 9.17) is 4.74 Å². The molecular formula is C20H27N3O2S. The lowest BCUT2D eigenvalue weighted by Crippen LogP contribution is -2.52. The highest BCUT2D eigenvalue weighted by Crippen LogP contribution is 2.27. The Balaban J connectivity index is 1.65. The average molecular weight is 374 g/mol. The number of piperazine rings is 1. The van der Waals surface area contributed by atoms with Gasteiger partial charge in [0, 0.05) is 44.7 Å². The molecule has 0 saturated carbocycles. The van der Waals surface area contributed by atoms with Gasteiger partial charge in [0.25, 0.3) is 0 Å². The summed E-state index contributed by atoms with van der Waals surface area (Å²) in [5, 5.41) is 5.30. The van der Waals surface area contributed by atoms with E-state index in [1.165, 1.54) is 5.56 Å². The first kappa shape index (κ1) is 18.9. The standard InChI is InChI=1S/C20H27N3O2S/c1-16-5-3-6-17(15-16)19(18-7-4-14-26-18)21-20(24)23-10-8-22(9-11-23)12-13-25-2/h3-7,14-15,19H,8-13H2,1-2H3,(H,21,24). The Morgan fingerprint density at radius 1 is 1.23 bits per heavy atom. The third-order valence-electron chi connectivity index (χ3n) is 4.74. The van der Waals surface area contributed by atoms with Gasteiger partial charge in [-0.3, -0.25) is 4.90 Å². The van der Waals surface area contributed by atoms with Crippen molar-refractivity contribution in [3.8, 4) is 0 Å². The summed E-state index contributed by atoms with van der Waals surface area (Å²) in [4.78, 5) is 18.3. The third-order valence-corrected chi connectivity index (χ3v) is 5.68. The number of hydrogen-bond acceptors (Lipinski definition) is 4. The number of amides is 2. The lowest BCUT2D eigenvalue weighted by molar-refractivity contribution is 0.105. The van der Waals surface area contributed by atoms with Crippen LogP contribution in [0.4, 0.5) is 4.79 Å². The van der Waals surface area contributed by atoms with Gasteiger partial charge in [-0.2, -0.15) is 0 Å². The Bertz CT molecular complexity index is 697. The predicted molar refractivity (Wildman–Crippen MR) is 106 cm³/mol. The summed E-state index contributed by atoms with van der Waals surface area (Å²) in [5.41, 5.74) is 2.32. The molecule has 1 aliphatic rings. The van der Waals surface area contributed by atoms with Gasteiger partial charge in [-0.05, 0) is 23.9 Å². The van der Waals surface area contributed by atoms with Crippen LogP contribution in [0.5, 0.6) is 0 Å². The largest absolute Gasteiger partial charge is 0.383 e. The lowest BCUT2D eigenvalue weighted by Gasteiger charge is -2.35. The summed E-state index contributed by atoms with van der Waals surface area (Å²) in [5.74, 6) is 0. The number of aryl methyl sites for hydroxylation is 1. The fourth-order valence-corrected chi connectivity index (χ4v) is 4.04. The van der Waals surface area contributed by atoms with Crippen LogP contribution in [0.1, 0.15) is 22.0 Å². The molecule has 140 valence electrons. The van der Waals surface area contributed by atoms with E-state index in [0.717, 1.165) is 49.8 Å². The Kier molecular flexibility index (Phi) is 6.66. The topological polar surface area (TPSA) is 44.8 Å². The number of benzene rings is 1. The van der Waals surface area contributed by atoms with Crippen LogP contribution in [-0.2, 0) is 4.74 Å². The van der Waals surface area contributed by atoms with Crippen molar-refractivity contribution >= 4 is 17.4 Å². The smallest absolute Gasteiger partial charge is 0.318 e. The first-order valence-corrected chi connectivity index (χ1v) is 9.92. The number of urea groups is 1. The second kappa shape index (κ2) is 9.16. The number of nitrogens with one attached hydrogen (secondary N) is 1. The second-order valence-corrected chi connectivity index (χ2v) is 7.61. The number of nitrogens with zero attached hydrogens (tertiary/aromatic N) is 2.